The van der Waals surface area contributed by atoms with Gasteiger partial charge in [-0.25, -0.2) is 0 Å². The number of imidazole rings is 1. The van der Waals surface area contributed by atoms with E-state index in [1.807, 2.05) is 72.1 Å². The Bertz CT molecular complexity index is 1700. The first-order valence-electron chi connectivity index (χ1n) is 13.0. The first kappa shape index (κ1) is 25.9. The molecule has 0 saturated carbocycles. The van der Waals surface area contributed by atoms with Crippen molar-refractivity contribution in [3.63, 3.8) is 0 Å². The van der Waals surface area contributed by atoms with Crippen LogP contribution in [0.25, 0.3) is 28.0 Å². The van der Waals surface area contributed by atoms with Crippen LogP contribution in [0, 0.1) is 0 Å². The summed E-state index contributed by atoms with van der Waals surface area (Å²) in [5, 5.41) is 4.54. The molecule has 0 atom stereocenters. The number of amides is 1. The number of hydrogen-bond donors (Lipinski definition) is 1. The molecule has 5 aromatic rings. The number of ether oxygens (including phenoxy) is 1. The molecule has 8 heteroatoms. The van der Waals surface area contributed by atoms with E-state index in [2.05, 4.69) is 9.88 Å². The molecule has 1 aliphatic heterocycles. The Labute approximate surface area is 241 Å². The number of nitrogens with one attached hydrogen (secondary N) is 1. The van der Waals surface area contributed by atoms with Crippen LogP contribution in [0.3, 0.4) is 0 Å². The van der Waals surface area contributed by atoms with Gasteiger partial charge in [0.05, 0.1) is 33.1 Å². The first-order chi connectivity index (χ1) is 19.0. The number of halogens is 3. The van der Waals surface area contributed by atoms with Gasteiger partial charge in [-0.3, -0.25) is 9.20 Å². The molecule has 0 unspecified atom stereocenters. The molecular weight excluding hydrogens is 553 g/mol. The first-order valence-corrected chi connectivity index (χ1v) is 14.1. The summed E-state index contributed by atoms with van der Waals surface area (Å²) in [7, 11) is 0. The van der Waals surface area contributed by atoms with Gasteiger partial charge in [0.1, 0.15) is 17.1 Å². The number of hydrogen-bond acceptors (Lipinski definition) is 2. The molecular formula is C31H26Cl3N3O2. The summed E-state index contributed by atoms with van der Waals surface area (Å²) in [5.74, 6) is 0.566. The highest BCUT2D eigenvalue weighted by atomic mass is 35.5. The summed E-state index contributed by atoms with van der Waals surface area (Å²) in [6, 6.07) is 20.9. The molecule has 39 heavy (non-hydrogen) atoms. The maximum atomic E-state index is 14.1. The molecule has 1 N–H and O–H groups in total. The lowest BCUT2D eigenvalue weighted by Crippen LogP contribution is -2.15. The Kier molecular flexibility index (Phi) is 7.06. The minimum atomic E-state index is -0.230. The summed E-state index contributed by atoms with van der Waals surface area (Å²) in [6.45, 7) is 3.38. The molecule has 1 aliphatic rings. The average molecular weight is 579 g/mol. The molecule has 3 aromatic carbocycles. The highest BCUT2D eigenvalue weighted by Gasteiger charge is 2.30. The van der Waals surface area contributed by atoms with Crippen molar-refractivity contribution in [3.05, 3.63) is 99.3 Å². The van der Waals surface area contributed by atoms with Crippen molar-refractivity contribution >= 4 is 52.0 Å². The SMILES string of the molecule is CCOc1ccc(-c2c3c4n(c(-c5ccc(Cl)c(Cl)c5)cn4c2C(=O)Nc2ccccc2Cl)CCCC3)cc1. The molecule has 2 aromatic heterocycles. The van der Waals surface area contributed by atoms with E-state index in [9.17, 15) is 4.79 Å². The third kappa shape index (κ3) is 4.69. The molecule has 198 valence electrons. The fourth-order valence-corrected chi connectivity index (χ4v) is 5.92. The number of anilines is 1. The van der Waals surface area contributed by atoms with Crippen molar-refractivity contribution in [3.8, 4) is 28.1 Å². The van der Waals surface area contributed by atoms with Crippen LogP contribution in [0.4, 0.5) is 5.69 Å². The third-order valence-electron chi connectivity index (χ3n) is 7.14. The Morgan fingerprint density at radius 1 is 0.923 bits per heavy atom. The molecule has 1 amide bonds. The van der Waals surface area contributed by atoms with E-state index in [1.165, 1.54) is 0 Å². The van der Waals surface area contributed by atoms with Gasteiger partial charge in [0.2, 0.25) is 0 Å². The van der Waals surface area contributed by atoms with E-state index < -0.39 is 0 Å². The Morgan fingerprint density at radius 3 is 2.44 bits per heavy atom. The van der Waals surface area contributed by atoms with Gasteiger partial charge in [-0.05, 0) is 68.1 Å². The molecule has 0 radical (unpaired) electrons. The van der Waals surface area contributed by atoms with Crippen LogP contribution in [0.1, 0.15) is 35.8 Å². The van der Waals surface area contributed by atoms with Crippen LogP contribution >= 0.6 is 34.8 Å². The number of carbonyl (C=O) groups excluding carboxylic acids is 1. The number of aromatic nitrogens is 2. The third-order valence-corrected chi connectivity index (χ3v) is 8.21. The maximum absolute atomic E-state index is 14.1. The molecule has 0 fully saturated rings. The number of para-hydroxylation sites is 1. The fourth-order valence-electron chi connectivity index (χ4n) is 5.43. The monoisotopic (exact) mass is 577 g/mol. The molecule has 0 saturated heterocycles. The summed E-state index contributed by atoms with van der Waals surface area (Å²) >= 11 is 19.0. The van der Waals surface area contributed by atoms with Crippen molar-refractivity contribution < 1.29 is 9.53 Å². The topological polar surface area (TPSA) is 47.7 Å². The van der Waals surface area contributed by atoms with Gasteiger partial charge >= 0.3 is 0 Å². The number of nitrogens with zero attached hydrogens (tertiary/aromatic N) is 2. The van der Waals surface area contributed by atoms with Crippen LogP contribution < -0.4 is 10.1 Å². The highest BCUT2D eigenvalue weighted by Crippen LogP contribution is 2.41. The average Bonchev–Trinajstić information content (AvgIpc) is 3.35. The van der Waals surface area contributed by atoms with Gasteiger partial charge < -0.3 is 14.6 Å². The minimum absolute atomic E-state index is 0.230. The Morgan fingerprint density at radius 2 is 1.69 bits per heavy atom. The summed E-state index contributed by atoms with van der Waals surface area (Å²) in [6.07, 6.45) is 4.93. The van der Waals surface area contributed by atoms with E-state index in [1.54, 1.807) is 12.1 Å². The van der Waals surface area contributed by atoms with E-state index in [-0.39, 0.29) is 5.91 Å². The second kappa shape index (κ2) is 10.6. The van der Waals surface area contributed by atoms with Crippen molar-refractivity contribution in [1.29, 1.82) is 0 Å². The van der Waals surface area contributed by atoms with Gasteiger partial charge in [-0.1, -0.05) is 65.1 Å². The van der Waals surface area contributed by atoms with Crippen LogP contribution in [0.15, 0.2) is 72.9 Å². The lowest BCUT2D eigenvalue weighted by atomic mass is 9.97. The predicted molar refractivity (Wildman–Crippen MR) is 160 cm³/mol. The second-order valence-corrected chi connectivity index (χ2v) is 10.8. The number of carbonyl (C=O) groups is 1. The van der Waals surface area contributed by atoms with Crippen molar-refractivity contribution in [1.82, 2.24) is 8.97 Å². The molecule has 0 spiro atoms. The predicted octanol–water partition coefficient (Wildman–Crippen LogP) is 9.02. The fraction of sp³-hybridized carbons (Fsp3) is 0.194. The van der Waals surface area contributed by atoms with E-state index in [0.717, 1.165) is 65.2 Å². The zero-order valence-corrected chi connectivity index (χ0v) is 23.6. The van der Waals surface area contributed by atoms with Crippen molar-refractivity contribution in [2.45, 2.75) is 32.7 Å². The molecule has 3 heterocycles. The van der Waals surface area contributed by atoms with Crippen LogP contribution in [0.5, 0.6) is 5.75 Å². The van der Waals surface area contributed by atoms with E-state index in [0.29, 0.717) is 33.1 Å². The minimum Gasteiger partial charge on any atom is -0.494 e. The quantitative estimate of drug-likeness (QED) is 0.218. The molecule has 0 aliphatic carbocycles. The second-order valence-electron chi connectivity index (χ2n) is 9.54. The largest absolute Gasteiger partial charge is 0.494 e. The van der Waals surface area contributed by atoms with Gasteiger partial charge in [-0.2, -0.15) is 0 Å². The lowest BCUT2D eigenvalue weighted by Gasteiger charge is -2.12. The maximum Gasteiger partial charge on any atom is 0.273 e. The summed E-state index contributed by atoms with van der Waals surface area (Å²) in [5.41, 5.74) is 7.10. The van der Waals surface area contributed by atoms with E-state index >= 15 is 0 Å². The zero-order valence-electron chi connectivity index (χ0n) is 21.3. The number of rotatable bonds is 6. The molecule has 5 nitrogen and oxygen atoms in total. The summed E-state index contributed by atoms with van der Waals surface area (Å²) in [4.78, 5) is 14.1. The van der Waals surface area contributed by atoms with Crippen molar-refractivity contribution in [2.75, 3.05) is 11.9 Å². The van der Waals surface area contributed by atoms with Gasteiger partial charge in [0, 0.05) is 29.4 Å². The number of aryl methyl sites for hydroxylation is 2. The lowest BCUT2D eigenvalue weighted by molar-refractivity contribution is 0.102. The van der Waals surface area contributed by atoms with Gasteiger partial charge in [0.15, 0.2) is 0 Å². The number of benzene rings is 3. The van der Waals surface area contributed by atoms with Gasteiger partial charge in [-0.15, -0.1) is 0 Å². The molecule has 0 bridgehead atoms. The standard InChI is InChI=1S/C31H26Cl3N3O2/c1-2-39-21-13-10-19(11-14-21)28-22-7-5-6-16-36-27(20-12-15-23(32)25(34)17-20)18-37(31(22)36)29(28)30(38)35-26-9-4-3-8-24(26)33/h3-4,8-15,17-18H,2,5-7,16H2,1H3,(H,35,38). The van der Waals surface area contributed by atoms with Crippen LogP contribution in [0.2, 0.25) is 15.1 Å². The Balaban J connectivity index is 1.59. The van der Waals surface area contributed by atoms with Gasteiger partial charge in [0.25, 0.3) is 5.91 Å². The van der Waals surface area contributed by atoms with E-state index in [4.69, 9.17) is 39.5 Å². The van der Waals surface area contributed by atoms with Crippen LogP contribution in [-0.4, -0.2) is 21.5 Å². The summed E-state index contributed by atoms with van der Waals surface area (Å²) < 4.78 is 10.00. The highest BCUT2D eigenvalue weighted by molar-refractivity contribution is 6.42. The Hall–Kier alpha value is -3.38. The van der Waals surface area contributed by atoms with Crippen LogP contribution in [-0.2, 0) is 13.0 Å². The molecule has 6 rings (SSSR count). The normalized spacial score (nSPS) is 12.9. The zero-order chi connectivity index (χ0) is 27.1. The smallest absolute Gasteiger partial charge is 0.273 e. The van der Waals surface area contributed by atoms with Crippen molar-refractivity contribution in [2.24, 2.45) is 0 Å².